The SMILES string of the molecule is O=C(c1cccc(S(=O)(=O)N2CCOCC2)c1)N1CCc2ccccc2C1. The molecule has 6 nitrogen and oxygen atoms in total. The van der Waals surface area contributed by atoms with Gasteiger partial charge in [-0.25, -0.2) is 8.42 Å². The molecule has 142 valence electrons. The maximum atomic E-state index is 13.0. The molecule has 1 saturated heterocycles. The fourth-order valence-corrected chi connectivity index (χ4v) is 5.03. The number of carbonyl (C=O) groups is 1. The molecular weight excluding hydrogens is 364 g/mol. The summed E-state index contributed by atoms with van der Waals surface area (Å²) in [6.45, 7) is 2.65. The molecule has 27 heavy (non-hydrogen) atoms. The van der Waals surface area contributed by atoms with Crippen molar-refractivity contribution in [3.8, 4) is 0 Å². The minimum absolute atomic E-state index is 0.136. The number of rotatable bonds is 3. The summed E-state index contributed by atoms with van der Waals surface area (Å²) >= 11 is 0. The molecule has 0 saturated carbocycles. The van der Waals surface area contributed by atoms with Crippen LogP contribution in [0.2, 0.25) is 0 Å². The van der Waals surface area contributed by atoms with Crippen LogP contribution in [-0.4, -0.2) is 56.4 Å². The fourth-order valence-electron chi connectivity index (χ4n) is 3.58. The van der Waals surface area contributed by atoms with Gasteiger partial charge in [0.25, 0.3) is 5.91 Å². The molecule has 0 atom stereocenters. The molecule has 7 heteroatoms. The maximum absolute atomic E-state index is 13.0. The summed E-state index contributed by atoms with van der Waals surface area (Å²) in [7, 11) is -3.61. The summed E-state index contributed by atoms with van der Waals surface area (Å²) < 4.78 is 32.3. The van der Waals surface area contributed by atoms with Crippen LogP contribution in [0.25, 0.3) is 0 Å². The third-order valence-electron chi connectivity index (χ3n) is 5.11. The largest absolute Gasteiger partial charge is 0.379 e. The molecule has 4 rings (SSSR count). The van der Waals surface area contributed by atoms with Gasteiger partial charge in [-0.2, -0.15) is 4.31 Å². The number of hydrogen-bond acceptors (Lipinski definition) is 4. The first-order valence-corrected chi connectivity index (χ1v) is 10.5. The molecule has 0 N–H and O–H groups in total. The second-order valence-corrected chi connectivity index (χ2v) is 8.73. The molecule has 0 spiro atoms. The van der Waals surface area contributed by atoms with Crippen LogP contribution < -0.4 is 0 Å². The minimum atomic E-state index is -3.61. The molecule has 0 unspecified atom stereocenters. The summed E-state index contributed by atoms with van der Waals surface area (Å²) in [5.41, 5.74) is 2.82. The van der Waals surface area contributed by atoms with Crippen LogP contribution in [0.15, 0.2) is 53.4 Å². The van der Waals surface area contributed by atoms with E-state index >= 15 is 0 Å². The first kappa shape index (κ1) is 18.2. The predicted octanol–water partition coefficient (Wildman–Crippen LogP) is 1.91. The van der Waals surface area contributed by atoms with Gasteiger partial charge in [-0.3, -0.25) is 4.79 Å². The third-order valence-corrected chi connectivity index (χ3v) is 7.00. The van der Waals surface area contributed by atoms with Gasteiger partial charge in [0.1, 0.15) is 0 Å². The highest BCUT2D eigenvalue weighted by Crippen LogP contribution is 2.23. The number of benzene rings is 2. The molecule has 0 aromatic heterocycles. The molecule has 1 amide bonds. The van der Waals surface area contributed by atoms with Crippen molar-refractivity contribution < 1.29 is 17.9 Å². The van der Waals surface area contributed by atoms with E-state index in [1.807, 2.05) is 18.2 Å². The molecule has 0 bridgehead atoms. The van der Waals surface area contributed by atoms with Crippen molar-refractivity contribution in [2.75, 3.05) is 32.8 Å². The molecule has 2 aromatic carbocycles. The van der Waals surface area contributed by atoms with E-state index in [4.69, 9.17) is 4.74 Å². The highest BCUT2D eigenvalue weighted by molar-refractivity contribution is 7.89. The average molecular weight is 386 g/mol. The van der Waals surface area contributed by atoms with E-state index in [-0.39, 0.29) is 10.8 Å². The van der Waals surface area contributed by atoms with Gasteiger partial charge in [-0.1, -0.05) is 30.3 Å². The second-order valence-electron chi connectivity index (χ2n) is 6.79. The van der Waals surface area contributed by atoms with Gasteiger partial charge in [0.2, 0.25) is 10.0 Å². The number of amides is 1. The van der Waals surface area contributed by atoms with Crippen LogP contribution in [0.5, 0.6) is 0 Å². The Bertz CT molecular complexity index is 952. The van der Waals surface area contributed by atoms with Crippen LogP contribution >= 0.6 is 0 Å². The van der Waals surface area contributed by atoms with Gasteiger partial charge in [0.15, 0.2) is 0 Å². The Morgan fingerprint density at radius 3 is 2.44 bits per heavy atom. The van der Waals surface area contributed by atoms with Crippen molar-refractivity contribution >= 4 is 15.9 Å². The number of fused-ring (bicyclic) bond motifs is 1. The number of morpholine rings is 1. The van der Waals surface area contributed by atoms with Crippen molar-refractivity contribution in [3.63, 3.8) is 0 Å². The number of ether oxygens (including phenoxy) is 1. The monoisotopic (exact) mass is 386 g/mol. The van der Waals surface area contributed by atoms with E-state index in [1.54, 1.807) is 23.1 Å². The second kappa shape index (κ2) is 7.42. The van der Waals surface area contributed by atoms with Crippen LogP contribution in [-0.2, 0) is 27.7 Å². The van der Waals surface area contributed by atoms with Gasteiger partial charge >= 0.3 is 0 Å². The molecule has 2 aromatic rings. The van der Waals surface area contributed by atoms with E-state index in [9.17, 15) is 13.2 Å². The summed E-state index contributed by atoms with van der Waals surface area (Å²) in [6.07, 6.45) is 0.813. The van der Waals surface area contributed by atoms with Gasteiger partial charge in [0, 0.05) is 31.7 Å². The average Bonchev–Trinajstić information content (AvgIpc) is 2.73. The molecular formula is C20H22N2O4S. The molecule has 2 aliphatic rings. The molecule has 1 fully saturated rings. The van der Waals surface area contributed by atoms with E-state index in [0.29, 0.717) is 45.0 Å². The van der Waals surface area contributed by atoms with E-state index in [1.165, 1.54) is 15.9 Å². The van der Waals surface area contributed by atoms with Crippen LogP contribution in [0, 0.1) is 0 Å². The van der Waals surface area contributed by atoms with Gasteiger partial charge in [0.05, 0.1) is 18.1 Å². The van der Waals surface area contributed by atoms with Crippen molar-refractivity contribution in [2.45, 2.75) is 17.9 Å². The zero-order valence-corrected chi connectivity index (χ0v) is 15.8. The van der Waals surface area contributed by atoms with E-state index < -0.39 is 10.0 Å². The van der Waals surface area contributed by atoms with Gasteiger partial charge in [-0.15, -0.1) is 0 Å². The number of hydrogen-bond donors (Lipinski definition) is 0. The Labute approximate surface area is 159 Å². The molecule has 0 radical (unpaired) electrons. The molecule has 2 heterocycles. The van der Waals surface area contributed by atoms with Crippen molar-refractivity contribution in [1.29, 1.82) is 0 Å². The van der Waals surface area contributed by atoms with E-state index in [2.05, 4.69) is 6.07 Å². The topological polar surface area (TPSA) is 66.9 Å². The fraction of sp³-hybridized carbons (Fsp3) is 0.350. The summed E-state index contributed by atoms with van der Waals surface area (Å²) in [5, 5.41) is 0. The lowest BCUT2D eigenvalue weighted by atomic mass is 9.99. The Kier molecular flexibility index (Phi) is 4.99. The van der Waals surface area contributed by atoms with Gasteiger partial charge in [-0.05, 0) is 35.7 Å². The zero-order valence-electron chi connectivity index (χ0n) is 15.0. The standard InChI is InChI=1S/C20H22N2O4S/c23-20(21-9-8-16-4-1-2-5-18(16)15-21)17-6-3-7-19(14-17)27(24,25)22-10-12-26-13-11-22/h1-7,14H,8-13,15H2. The van der Waals surface area contributed by atoms with Gasteiger partial charge < -0.3 is 9.64 Å². The van der Waals surface area contributed by atoms with Crippen molar-refractivity contribution in [2.24, 2.45) is 0 Å². The minimum Gasteiger partial charge on any atom is -0.379 e. The zero-order chi connectivity index (χ0) is 18.9. The van der Waals surface area contributed by atoms with Crippen molar-refractivity contribution in [1.82, 2.24) is 9.21 Å². The quantitative estimate of drug-likeness (QED) is 0.808. The van der Waals surface area contributed by atoms with Crippen LogP contribution in [0.3, 0.4) is 0 Å². The lowest BCUT2D eigenvalue weighted by molar-refractivity contribution is 0.0727. The highest BCUT2D eigenvalue weighted by atomic mass is 32.2. The molecule has 2 aliphatic heterocycles. The smallest absolute Gasteiger partial charge is 0.254 e. The summed E-state index contributed by atoms with van der Waals surface area (Å²) in [4.78, 5) is 14.9. The Morgan fingerprint density at radius 1 is 0.926 bits per heavy atom. The van der Waals surface area contributed by atoms with Crippen LogP contribution in [0.4, 0.5) is 0 Å². The third kappa shape index (κ3) is 3.63. The number of nitrogens with zero attached hydrogens (tertiary/aromatic N) is 2. The summed E-state index contributed by atoms with van der Waals surface area (Å²) in [6, 6.07) is 14.5. The van der Waals surface area contributed by atoms with Crippen molar-refractivity contribution in [3.05, 3.63) is 65.2 Å². The molecule has 0 aliphatic carbocycles. The first-order chi connectivity index (χ1) is 13.1. The maximum Gasteiger partial charge on any atom is 0.254 e. The Hall–Kier alpha value is -2.22. The highest BCUT2D eigenvalue weighted by Gasteiger charge is 2.28. The number of carbonyl (C=O) groups excluding carboxylic acids is 1. The van der Waals surface area contributed by atoms with Crippen LogP contribution in [0.1, 0.15) is 21.5 Å². The normalized spacial score (nSPS) is 18.1. The Balaban J connectivity index is 1.56. The number of sulfonamides is 1. The first-order valence-electron chi connectivity index (χ1n) is 9.10. The summed E-state index contributed by atoms with van der Waals surface area (Å²) in [5.74, 6) is -0.136. The lowest BCUT2D eigenvalue weighted by Crippen LogP contribution is -2.40. The Morgan fingerprint density at radius 2 is 1.67 bits per heavy atom. The predicted molar refractivity (Wildman–Crippen MR) is 101 cm³/mol. The van der Waals surface area contributed by atoms with E-state index in [0.717, 1.165) is 12.0 Å². The lowest BCUT2D eigenvalue weighted by Gasteiger charge is -2.29.